The minimum atomic E-state index is -0.386. The fourth-order valence-electron chi connectivity index (χ4n) is 2.53. The number of nitrogens with two attached hydrogens (primary N) is 1. The van der Waals surface area contributed by atoms with Gasteiger partial charge in [0, 0.05) is 16.8 Å². The Hall–Kier alpha value is -3.39. The van der Waals surface area contributed by atoms with Crippen LogP contribution in [0.5, 0.6) is 0 Å². The molecule has 0 amide bonds. The maximum atomic E-state index is 13.7. The van der Waals surface area contributed by atoms with Gasteiger partial charge in [-0.25, -0.2) is 14.4 Å². The van der Waals surface area contributed by atoms with Crippen LogP contribution in [0.4, 0.5) is 10.3 Å². The molecule has 0 radical (unpaired) electrons. The number of hydrogen-bond donors (Lipinski definition) is 1. The number of aromatic nitrogens is 6. The second kappa shape index (κ2) is 6.49. The van der Waals surface area contributed by atoms with Crippen LogP contribution in [0, 0.1) is 5.82 Å². The average Bonchev–Trinajstić information content (AvgIpc) is 3.12. The second-order valence-electron chi connectivity index (χ2n) is 5.39. The van der Waals surface area contributed by atoms with E-state index in [9.17, 15) is 4.39 Å². The molecule has 0 bridgehead atoms. The summed E-state index contributed by atoms with van der Waals surface area (Å²) in [5.74, 6) is 0.0769. The van der Waals surface area contributed by atoms with E-state index in [1.165, 1.54) is 23.0 Å². The molecule has 4 rings (SSSR count). The summed E-state index contributed by atoms with van der Waals surface area (Å²) in [6.45, 7) is 0. The van der Waals surface area contributed by atoms with Gasteiger partial charge in [-0.2, -0.15) is 4.68 Å². The van der Waals surface area contributed by atoms with Gasteiger partial charge in [-0.1, -0.05) is 23.7 Å². The van der Waals surface area contributed by atoms with Gasteiger partial charge in [0.15, 0.2) is 5.82 Å². The number of nitrogens with zero attached hydrogens (tertiary/aromatic N) is 6. The van der Waals surface area contributed by atoms with Crippen molar-refractivity contribution in [2.75, 3.05) is 5.73 Å². The van der Waals surface area contributed by atoms with E-state index in [1.807, 2.05) is 0 Å². The second-order valence-corrected chi connectivity index (χ2v) is 5.83. The molecule has 2 aromatic carbocycles. The fourth-order valence-corrected chi connectivity index (χ4v) is 2.65. The molecule has 0 aliphatic rings. The molecule has 0 aliphatic heterocycles. The molecule has 9 heteroatoms. The smallest absolute Gasteiger partial charge is 0.220 e. The first-order chi connectivity index (χ1) is 12.6. The first-order valence-electron chi connectivity index (χ1n) is 7.55. The Bertz CT molecular complexity index is 1080. The highest BCUT2D eigenvalue weighted by atomic mass is 35.5. The molecule has 0 aliphatic carbocycles. The Morgan fingerprint density at radius 3 is 2.65 bits per heavy atom. The lowest BCUT2D eigenvalue weighted by molar-refractivity contribution is 0.628. The largest absolute Gasteiger partial charge is 0.368 e. The molecule has 0 saturated heterocycles. The Balaban J connectivity index is 1.90. The van der Waals surface area contributed by atoms with Gasteiger partial charge in [0.2, 0.25) is 5.95 Å². The third-order valence-corrected chi connectivity index (χ3v) is 3.94. The van der Waals surface area contributed by atoms with Crippen LogP contribution in [0.25, 0.3) is 28.3 Å². The van der Waals surface area contributed by atoms with Crippen molar-refractivity contribution in [2.24, 2.45) is 0 Å². The summed E-state index contributed by atoms with van der Waals surface area (Å²) in [6.07, 6.45) is 1.51. The van der Waals surface area contributed by atoms with Gasteiger partial charge < -0.3 is 5.73 Å². The van der Waals surface area contributed by atoms with Crippen LogP contribution in [-0.4, -0.2) is 30.2 Å². The highest BCUT2D eigenvalue weighted by molar-refractivity contribution is 6.30. The molecule has 0 atom stereocenters. The summed E-state index contributed by atoms with van der Waals surface area (Å²) in [4.78, 5) is 8.29. The molecule has 7 nitrogen and oxygen atoms in total. The standard InChI is InChI=1S/C17H11ClFN7/c18-11-4-6-13(7-5-11)26-16(23-24-25-26)14-9-21-17(20)22-15(14)10-2-1-3-12(19)8-10/h1-9H,(H2,20,21,22). The van der Waals surface area contributed by atoms with Gasteiger partial charge in [-0.15, -0.1) is 5.10 Å². The zero-order valence-corrected chi connectivity index (χ0v) is 14.0. The maximum absolute atomic E-state index is 13.7. The van der Waals surface area contributed by atoms with Gasteiger partial charge in [-0.05, 0) is 46.8 Å². The molecule has 0 spiro atoms. The predicted molar refractivity (Wildman–Crippen MR) is 95.0 cm³/mol. The van der Waals surface area contributed by atoms with Crippen LogP contribution in [0.15, 0.2) is 54.7 Å². The van der Waals surface area contributed by atoms with E-state index in [0.717, 1.165) is 0 Å². The van der Waals surface area contributed by atoms with Crippen LogP contribution in [0.1, 0.15) is 0 Å². The van der Waals surface area contributed by atoms with Crippen LogP contribution in [0.2, 0.25) is 5.02 Å². The Labute approximate surface area is 152 Å². The van der Waals surface area contributed by atoms with Crippen molar-refractivity contribution in [3.8, 4) is 28.3 Å². The minimum absolute atomic E-state index is 0.0681. The number of nitrogen functional groups attached to an aromatic ring is 1. The lowest BCUT2D eigenvalue weighted by atomic mass is 10.1. The lowest BCUT2D eigenvalue weighted by Crippen LogP contribution is -2.04. The topological polar surface area (TPSA) is 95.4 Å². The molecule has 4 aromatic rings. The van der Waals surface area contributed by atoms with Crippen LogP contribution < -0.4 is 5.73 Å². The van der Waals surface area contributed by atoms with E-state index in [2.05, 4.69) is 25.5 Å². The van der Waals surface area contributed by atoms with Crippen molar-refractivity contribution in [2.45, 2.75) is 0 Å². The van der Waals surface area contributed by atoms with Gasteiger partial charge in [0.05, 0.1) is 16.9 Å². The summed E-state index contributed by atoms with van der Waals surface area (Å²) in [5.41, 5.74) is 7.93. The Morgan fingerprint density at radius 2 is 1.88 bits per heavy atom. The molecule has 0 saturated carbocycles. The Morgan fingerprint density at radius 1 is 1.08 bits per heavy atom. The molecule has 0 fully saturated rings. The van der Waals surface area contributed by atoms with Crippen molar-refractivity contribution in [1.29, 1.82) is 0 Å². The van der Waals surface area contributed by atoms with Crippen LogP contribution >= 0.6 is 11.6 Å². The normalized spacial score (nSPS) is 10.8. The molecule has 26 heavy (non-hydrogen) atoms. The van der Waals surface area contributed by atoms with Crippen molar-refractivity contribution in [1.82, 2.24) is 30.2 Å². The van der Waals surface area contributed by atoms with Gasteiger partial charge in [-0.3, -0.25) is 0 Å². The van der Waals surface area contributed by atoms with Crippen molar-refractivity contribution < 1.29 is 4.39 Å². The molecule has 2 heterocycles. The lowest BCUT2D eigenvalue weighted by Gasteiger charge is -2.10. The zero-order chi connectivity index (χ0) is 18.1. The summed E-state index contributed by atoms with van der Waals surface area (Å²) in [7, 11) is 0. The van der Waals surface area contributed by atoms with Gasteiger partial charge in [0.1, 0.15) is 5.82 Å². The van der Waals surface area contributed by atoms with E-state index >= 15 is 0 Å². The Kier molecular flexibility index (Phi) is 4.02. The SMILES string of the molecule is Nc1ncc(-c2nnnn2-c2ccc(Cl)cc2)c(-c2cccc(F)c2)n1. The molecule has 128 valence electrons. The number of rotatable bonds is 3. The minimum Gasteiger partial charge on any atom is -0.368 e. The van der Waals surface area contributed by atoms with Crippen LogP contribution in [0.3, 0.4) is 0 Å². The molecular formula is C17H11ClFN7. The highest BCUT2D eigenvalue weighted by Gasteiger charge is 2.18. The number of halogens is 2. The molecule has 2 N–H and O–H groups in total. The van der Waals surface area contributed by atoms with E-state index in [4.69, 9.17) is 17.3 Å². The summed E-state index contributed by atoms with van der Waals surface area (Å²) in [6, 6.07) is 13.1. The number of hydrogen-bond acceptors (Lipinski definition) is 6. The quantitative estimate of drug-likeness (QED) is 0.597. The maximum Gasteiger partial charge on any atom is 0.220 e. The summed E-state index contributed by atoms with van der Waals surface area (Å²) >= 11 is 5.94. The average molecular weight is 368 g/mol. The number of benzene rings is 2. The zero-order valence-electron chi connectivity index (χ0n) is 13.2. The van der Waals surface area contributed by atoms with Crippen molar-refractivity contribution in [3.05, 3.63) is 65.6 Å². The summed E-state index contributed by atoms with van der Waals surface area (Å²) in [5, 5.41) is 12.4. The van der Waals surface area contributed by atoms with Crippen molar-refractivity contribution >= 4 is 17.5 Å². The highest BCUT2D eigenvalue weighted by Crippen LogP contribution is 2.30. The van der Waals surface area contributed by atoms with E-state index in [-0.39, 0.29) is 11.8 Å². The molecule has 2 aromatic heterocycles. The first kappa shape index (κ1) is 16.1. The van der Waals surface area contributed by atoms with Crippen LogP contribution in [-0.2, 0) is 0 Å². The van der Waals surface area contributed by atoms with E-state index in [1.54, 1.807) is 36.4 Å². The van der Waals surface area contributed by atoms with Crippen molar-refractivity contribution in [3.63, 3.8) is 0 Å². The predicted octanol–water partition coefficient (Wildman–Crippen LogP) is 3.16. The third kappa shape index (κ3) is 2.98. The third-order valence-electron chi connectivity index (χ3n) is 3.69. The van der Waals surface area contributed by atoms with Gasteiger partial charge >= 0.3 is 0 Å². The van der Waals surface area contributed by atoms with Gasteiger partial charge in [0.25, 0.3) is 0 Å². The molecule has 0 unspecified atom stereocenters. The number of anilines is 1. The first-order valence-corrected chi connectivity index (χ1v) is 7.93. The number of tetrazole rings is 1. The summed E-state index contributed by atoms with van der Waals surface area (Å²) < 4.78 is 15.2. The van der Waals surface area contributed by atoms with E-state index in [0.29, 0.717) is 33.4 Å². The van der Waals surface area contributed by atoms with E-state index < -0.39 is 0 Å². The fraction of sp³-hybridized carbons (Fsp3) is 0. The monoisotopic (exact) mass is 367 g/mol. The molecular weight excluding hydrogens is 357 g/mol.